The fourth-order valence-corrected chi connectivity index (χ4v) is 1.95. The van der Waals surface area contributed by atoms with Crippen LogP contribution in [0.5, 0.6) is 0 Å². The molecule has 0 aliphatic rings. The van der Waals surface area contributed by atoms with Crippen molar-refractivity contribution in [1.82, 2.24) is 4.98 Å². The molecule has 3 nitrogen and oxygen atoms in total. The molecule has 0 fully saturated rings. The number of rotatable bonds is 4. The summed E-state index contributed by atoms with van der Waals surface area (Å²) in [6, 6.07) is 0. The maximum absolute atomic E-state index is 11.5. The van der Waals surface area contributed by atoms with Gasteiger partial charge < -0.3 is 4.74 Å². The summed E-state index contributed by atoms with van der Waals surface area (Å²) in [5.74, 6) is -0.154. The van der Waals surface area contributed by atoms with Crippen LogP contribution in [0.1, 0.15) is 44.8 Å². The van der Waals surface area contributed by atoms with Crippen LogP contribution in [0.3, 0.4) is 0 Å². The third kappa shape index (κ3) is 4.75. The van der Waals surface area contributed by atoms with Crippen LogP contribution in [0.2, 0.25) is 0 Å². The summed E-state index contributed by atoms with van der Waals surface area (Å²) in [5, 5.41) is 3.03. The Morgan fingerprint density at radius 2 is 2.19 bits per heavy atom. The Labute approximate surface area is 101 Å². The first-order valence-corrected chi connectivity index (χ1v) is 6.37. The third-order valence-electron chi connectivity index (χ3n) is 1.96. The topological polar surface area (TPSA) is 39.2 Å². The highest BCUT2D eigenvalue weighted by molar-refractivity contribution is 7.09. The summed E-state index contributed by atoms with van der Waals surface area (Å²) in [4.78, 5) is 15.8. The average molecular weight is 241 g/mol. The van der Waals surface area contributed by atoms with Crippen molar-refractivity contribution in [3.8, 4) is 0 Å². The Balaban J connectivity index is 2.37. The molecule has 1 aromatic heterocycles. The van der Waals surface area contributed by atoms with Crippen LogP contribution in [0, 0.1) is 5.41 Å². The minimum absolute atomic E-state index is 0.0201. The summed E-state index contributed by atoms with van der Waals surface area (Å²) < 4.78 is 5.17. The number of aryl methyl sites for hydroxylation is 1. The maximum atomic E-state index is 11.5. The highest BCUT2D eigenvalue weighted by atomic mass is 32.1. The molecule has 0 unspecified atom stereocenters. The van der Waals surface area contributed by atoms with Crippen molar-refractivity contribution in [3.05, 3.63) is 16.1 Å². The van der Waals surface area contributed by atoms with E-state index in [9.17, 15) is 4.79 Å². The second kappa shape index (κ2) is 5.43. The molecule has 16 heavy (non-hydrogen) atoms. The molecule has 0 bridgehead atoms. The highest BCUT2D eigenvalue weighted by Gasteiger charge is 2.17. The summed E-state index contributed by atoms with van der Waals surface area (Å²) in [6.07, 6.45) is 1.37. The quantitative estimate of drug-likeness (QED) is 0.760. The van der Waals surface area contributed by atoms with Gasteiger partial charge in [0.25, 0.3) is 0 Å². The number of thiazole rings is 1. The number of hydrogen-bond acceptors (Lipinski definition) is 4. The Kier molecular flexibility index (Phi) is 4.47. The van der Waals surface area contributed by atoms with Crippen LogP contribution < -0.4 is 0 Å². The van der Waals surface area contributed by atoms with Gasteiger partial charge in [-0.05, 0) is 11.8 Å². The van der Waals surface area contributed by atoms with Gasteiger partial charge in [-0.3, -0.25) is 4.79 Å². The highest BCUT2D eigenvalue weighted by Crippen LogP contribution is 2.19. The molecular formula is C12H19NO2S. The fourth-order valence-electron chi connectivity index (χ4n) is 1.22. The summed E-state index contributed by atoms with van der Waals surface area (Å²) in [5.41, 5.74) is 0.831. The first-order valence-electron chi connectivity index (χ1n) is 5.49. The molecule has 0 amide bonds. The number of carbonyl (C=O) groups excluding carboxylic acids is 1. The number of nitrogens with zero attached hydrogens (tertiary/aromatic N) is 1. The lowest BCUT2D eigenvalue weighted by Gasteiger charge is -2.16. The molecule has 0 spiro atoms. The maximum Gasteiger partial charge on any atom is 0.306 e. The first kappa shape index (κ1) is 13.2. The predicted octanol–water partition coefficient (Wildman–Crippen LogP) is 3.18. The largest absolute Gasteiger partial charge is 0.459 e. The molecular weight excluding hydrogens is 222 g/mol. The second-order valence-corrected chi connectivity index (χ2v) is 5.93. The summed E-state index contributed by atoms with van der Waals surface area (Å²) in [6.45, 7) is 8.42. The monoisotopic (exact) mass is 241 g/mol. The average Bonchev–Trinajstić information content (AvgIpc) is 2.59. The van der Waals surface area contributed by atoms with E-state index < -0.39 is 0 Å². The molecule has 0 saturated carbocycles. The second-order valence-electron chi connectivity index (χ2n) is 4.98. The molecule has 0 aliphatic carbocycles. The van der Waals surface area contributed by atoms with E-state index in [-0.39, 0.29) is 11.4 Å². The van der Waals surface area contributed by atoms with Crippen LogP contribution >= 0.6 is 11.3 Å². The zero-order valence-electron chi connectivity index (χ0n) is 10.4. The molecule has 1 aromatic rings. The van der Waals surface area contributed by atoms with Crippen molar-refractivity contribution in [3.63, 3.8) is 0 Å². The van der Waals surface area contributed by atoms with E-state index in [1.165, 1.54) is 0 Å². The minimum atomic E-state index is -0.154. The summed E-state index contributed by atoms with van der Waals surface area (Å²) >= 11 is 1.61. The van der Waals surface area contributed by atoms with Crippen LogP contribution in [-0.4, -0.2) is 11.0 Å². The lowest BCUT2D eigenvalue weighted by Crippen LogP contribution is -2.15. The van der Waals surface area contributed by atoms with E-state index in [0.29, 0.717) is 13.0 Å². The fraction of sp³-hybridized carbons (Fsp3) is 0.667. The van der Waals surface area contributed by atoms with Gasteiger partial charge in [0, 0.05) is 5.38 Å². The minimum Gasteiger partial charge on any atom is -0.459 e. The summed E-state index contributed by atoms with van der Waals surface area (Å²) in [7, 11) is 0. The molecule has 1 heterocycles. The molecule has 4 heteroatoms. The Bertz CT molecular complexity index is 352. The van der Waals surface area contributed by atoms with Crippen LogP contribution in [0.25, 0.3) is 0 Å². The van der Waals surface area contributed by atoms with E-state index in [1.807, 2.05) is 26.2 Å². The molecule has 0 aromatic carbocycles. The molecule has 0 radical (unpaired) electrons. The smallest absolute Gasteiger partial charge is 0.306 e. The Morgan fingerprint density at radius 3 is 2.69 bits per heavy atom. The van der Waals surface area contributed by atoms with Gasteiger partial charge in [0.05, 0.1) is 17.1 Å². The normalized spacial score (nSPS) is 11.5. The van der Waals surface area contributed by atoms with Gasteiger partial charge in [-0.15, -0.1) is 11.3 Å². The van der Waals surface area contributed by atoms with E-state index in [1.54, 1.807) is 11.3 Å². The molecule has 0 saturated heterocycles. The number of hydrogen-bond donors (Lipinski definition) is 0. The third-order valence-corrected chi connectivity index (χ3v) is 3.00. The number of ether oxygens (including phenoxy) is 1. The van der Waals surface area contributed by atoms with Gasteiger partial charge in [0.15, 0.2) is 0 Å². The van der Waals surface area contributed by atoms with E-state index >= 15 is 0 Å². The van der Waals surface area contributed by atoms with Crippen molar-refractivity contribution < 1.29 is 9.53 Å². The molecule has 0 N–H and O–H groups in total. The SMILES string of the molecule is CCc1nc(COC(=O)CC(C)(C)C)cs1. The van der Waals surface area contributed by atoms with E-state index in [2.05, 4.69) is 11.9 Å². The molecule has 0 atom stereocenters. The van der Waals surface area contributed by atoms with E-state index in [4.69, 9.17) is 4.74 Å². The van der Waals surface area contributed by atoms with Crippen LogP contribution in [-0.2, 0) is 22.6 Å². The Morgan fingerprint density at radius 1 is 1.50 bits per heavy atom. The van der Waals surface area contributed by atoms with Crippen molar-refractivity contribution in [1.29, 1.82) is 0 Å². The predicted molar refractivity (Wildman–Crippen MR) is 65.4 cm³/mol. The van der Waals surface area contributed by atoms with Gasteiger partial charge >= 0.3 is 5.97 Å². The molecule has 90 valence electrons. The van der Waals surface area contributed by atoms with Gasteiger partial charge in [-0.2, -0.15) is 0 Å². The lowest BCUT2D eigenvalue weighted by molar-refractivity contribution is -0.147. The van der Waals surface area contributed by atoms with Gasteiger partial charge in [0.1, 0.15) is 6.61 Å². The number of esters is 1. The van der Waals surface area contributed by atoms with Gasteiger partial charge in [0.2, 0.25) is 0 Å². The zero-order valence-corrected chi connectivity index (χ0v) is 11.2. The first-order chi connectivity index (χ1) is 7.40. The lowest BCUT2D eigenvalue weighted by atomic mass is 9.92. The van der Waals surface area contributed by atoms with Crippen molar-refractivity contribution in [2.24, 2.45) is 5.41 Å². The number of aromatic nitrogens is 1. The van der Waals surface area contributed by atoms with Crippen molar-refractivity contribution in [2.75, 3.05) is 0 Å². The molecule has 0 aliphatic heterocycles. The van der Waals surface area contributed by atoms with Crippen LogP contribution in [0.15, 0.2) is 5.38 Å². The zero-order chi connectivity index (χ0) is 12.2. The van der Waals surface area contributed by atoms with E-state index in [0.717, 1.165) is 17.1 Å². The van der Waals surface area contributed by atoms with Gasteiger partial charge in [-0.1, -0.05) is 27.7 Å². The standard InChI is InChI=1S/C12H19NO2S/c1-5-10-13-9(8-16-10)7-15-11(14)6-12(2,3)4/h8H,5-7H2,1-4H3. The Hall–Kier alpha value is -0.900. The van der Waals surface area contributed by atoms with Crippen molar-refractivity contribution >= 4 is 17.3 Å². The van der Waals surface area contributed by atoms with Crippen molar-refractivity contribution in [2.45, 2.75) is 47.1 Å². The number of carbonyl (C=O) groups is 1. The molecule has 1 rings (SSSR count). The van der Waals surface area contributed by atoms with Crippen LogP contribution in [0.4, 0.5) is 0 Å². The van der Waals surface area contributed by atoms with Gasteiger partial charge in [-0.25, -0.2) is 4.98 Å².